The lowest BCUT2D eigenvalue weighted by Gasteiger charge is -2.29. The number of rotatable bonds is 6. The quantitative estimate of drug-likeness (QED) is 0.752. The molecule has 4 amide bonds. The van der Waals surface area contributed by atoms with Crippen LogP contribution in [0.1, 0.15) is 25.8 Å². The first-order chi connectivity index (χ1) is 13.3. The van der Waals surface area contributed by atoms with Crippen molar-refractivity contribution in [1.29, 1.82) is 0 Å². The van der Waals surface area contributed by atoms with Crippen molar-refractivity contribution >= 4 is 23.5 Å². The summed E-state index contributed by atoms with van der Waals surface area (Å²) in [6, 6.07) is 13.8. The molecule has 1 aliphatic heterocycles. The van der Waals surface area contributed by atoms with Crippen molar-refractivity contribution in [3.63, 3.8) is 0 Å². The molecule has 2 aromatic rings. The molecule has 0 aliphatic carbocycles. The van der Waals surface area contributed by atoms with Gasteiger partial charge in [-0.15, -0.1) is 0 Å². The highest BCUT2D eigenvalue weighted by Gasteiger charge is 2.52. The lowest BCUT2D eigenvalue weighted by molar-refractivity contribution is -0.134. The largest absolute Gasteiger partial charge is 0.325 e. The number of nitrogens with one attached hydrogen (secondary N) is 2. The maximum atomic E-state index is 13.3. The maximum Gasteiger partial charge on any atom is 0.325 e. The molecule has 28 heavy (non-hydrogen) atoms. The maximum absolute atomic E-state index is 13.3. The average molecular weight is 383 g/mol. The first-order valence-electron chi connectivity index (χ1n) is 9.07. The number of amides is 4. The molecule has 3 rings (SSSR count). The van der Waals surface area contributed by atoms with Crippen LogP contribution in [0.15, 0.2) is 54.6 Å². The van der Waals surface area contributed by atoms with Crippen LogP contribution in [0.5, 0.6) is 0 Å². The standard InChI is InChI=1S/C21H22FN3O3/c1-14(2)12-21(15-7-4-3-5-8-15)19(27)25(20(28)24-21)13-18(26)23-17-10-6-9-16(22)11-17/h3-11,14H,12-13H2,1-2H3,(H,23,26)(H,24,28)/t21-/m0/s1. The summed E-state index contributed by atoms with van der Waals surface area (Å²) in [6.07, 6.45) is 0.406. The number of urea groups is 1. The predicted molar refractivity (Wildman–Crippen MR) is 103 cm³/mol. The van der Waals surface area contributed by atoms with E-state index in [2.05, 4.69) is 10.6 Å². The first-order valence-corrected chi connectivity index (χ1v) is 9.07. The third-order valence-electron chi connectivity index (χ3n) is 4.57. The van der Waals surface area contributed by atoms with Crippen molar-refractivity contribution in [2.24, 2.45) is 5.92 Å². The molecule has 2 aromatic carbocycles. The van der Waals surface area contributed by atoms with E-state index in [1.807, 2.05) is 19.9 Å². The molecule has 0 saturated carbocycles. The normalized spacial score (nSPS) is 19.1. The summed E-state index contributed by atoms with van der Waals surface area (Å²) in [5.74, 6) is -1.41. The highest BCUT2D eigenvalue weighted by atomic mass is 19.1. The molecule has 0 radical (unpaired) electrons. The summed E-state index contributed by atoms with van der Waals surface area (Å²) in [4.78, 5) is 39.0. The zero-order valence-corrected chi connectivity index (χ0v) is 15.7. The molecular formula is C21H22FN3O3. The van der Waals surface area contributed by atoms with E-state index < -0.39 is 35.7 Å². The molecule has 7 heteroatoms. The zero-order valence-electron chi connectivity index (χ0n) is 15.7. The van der Waals surface area contributed by atoms with E-state index in [-0.39, 0.29) is 11.6 Å². The molecule has 1 saturated heterocycles. The van der Waals surface area contributed by atoms with Crippen LogP contribution in [0.2, 0.25) is 0 Å². The predicted octanol–water partition coefficient (Wildman–Crippen LogP) is 3.26. The molecule has 0 aromatic heterocycles. The van der Waals surface area contributed by atoms with Gasteiger partial charge in [0, 0.05) is 5.69 Å². The number of nitrogens with zero attached hydrogens (tertiary/aromatic N) is 1. The number of anilines is 1. The van der Waals surface area contributed by atoms with E-state index in [1.54, 1.807) is 24.3 Å². The lowest BCUT2D eigenvalue weighted by Crippen LogP contribution is -2.45. The van der Waals surface area contributed by atoms with Gasteiger partial charge in [-0.1, -0.05) is 50.2 Å². The second-order valence-corrected chi connectivity index (χ2v) is 7.25. The Labute approximate surface area is 162 Å². The van der Waals surface area contributed by atoms with Crippen LogP contribution in [0.3, 0.4) is 0 Å². The Bertz CT molecular complexity index is 901. The van der Waals surface area contributed by atoms with Crippen LogP contribution in [0.4, 0.5) is 14.9 Å². The molecule has 2 N–H and O–H groups in total. The highest BCUT2D eigenvalue weighted by molar-refractivity contribution is 6.10. The summed E-state index contributed by atoms with van der Waals surface area (Å²) < 4.78 is 13.3. The summed E-state index contributed by atoms with van der Waals surface area (Å²) in [7, 11) is 0. The number of carbonyl (C=O) groups is 3. The Morgan fingerprint density at radius 3 is 2.50 bits per heavy atom. The Balaban J connectivity index is 1.82. The van der Waals surface area contributed by atoms with Crippen LogP contribution in [0.25, 0.3) is 0 Å². The van der Waals surface area contributed by atoms with Crippen molar-refractivity contribution < 1.29 is 18.8 Å². The molecule has 1 fully saturated rings. The third-order valence-corrected chi connectivity index (χ3v) is 4.57. The summed E-state index contributed by atoms with van der Waals surface area (Å²) in [5.41, 5.74) is -0.269. The van der Waals surface area contributed by atoms with Crippen LogP contribution in [-0.2, 0) is 15.1 Å². The number of benzene rings is 2. The fraction of sp³-hybridized carbons (Fsp3) is 0.286. The zero-order chi connectivity index (χ0) is 20.3. The SMILES string of the molecule is CC(C)C[C@@]1(c2ccccc2)NC(=O)N(CC(=O)Nc2cccc(F)c2)C1=O. The number of imide groups is 1. The van der Waals surface area contributed by atoms with Gasteiger partial charge in [0.25, 0.3) is 5.91 Å². The fourth-order valence-electron chi connectivity index (χ4n) is 3.47. The Morgan fingerprint density at radius 2 is 1.86 bits per heavy atom. The van der Waals surface area contributed by atoms with E-state index in [1.165, 1.54) is 18.2 Å². The molecule has 1 heterocycles. The van der Waals surface area contributed by atoms with Gasteiger partial charge in [-0.25, -0.2) is 9.18 Å². The van der Waals surface area contributed by atoms with Gasteiger partial charge in [0.15, 0.2) is 0 Å². The van der Waals surface area contributed by atoms with Crippen LogP contribution >= 0.6 is 0 Å². The molecule has 0 bridgehead atoms. The van der Waals surface area contributed by atoms with Crippen LogP contribution in [-0.4, -0.2) is 29.3 Å². The minimum Gasteiger partial charge on any atom is -0.324 e. The van der Waals surface area contributed by atoms with E-state index in [0.29, 0.717) is 12.0 Å². The summed E-state index contributed by atoms with van der Waals surface area (Å²) in [6.45, 7) is 3.47. The summed E-state index contributed by atoms with van der Waals surface area (Å²) >= 11 is 0. The van der Waals surface area contributed by atoms with Gasteiger partial charge in [-0.05, 0) is 36.1 Å². The third kappa shape index (κ3) is 3.88. The monoisotopic (exact) mass is 383 g/mol. The van der Waals surface area contributed by atoms with E-state index in [4.69, 9.17) is 0 Å². The molecule has 0 spiro atoms. The second kappa shape index (κ2) is 7.80. The van der Waals surface area contributed by atoms with Crippen LogP contribution in [0, 0.1) is 11.7 Å². The van der Waals surface area contributed by atoms with Gasteiger partial charge in [0.1, 0.15) is 17.9 Å². The lowest BCUT2D eigenvalue weighted by atomic mass is 9.82. The molecule has 1 atom stereocenters. The highest BCUT2D eigenvalue weighted by Crippen LogP contribution is 2.35. The van der Waals surface area contributed by atoms with E-state index in [9.17, 15) is 18.8 Å². The van der Waals surface area contributed by atoms with Gasteiger partial charge in [-0.3, -0.25) is 14.5 Å². The molecule has 0 unspecified atom stereocenters. The van der Waals surface area contributed by atoms with Crippen LogP contribution < -0.4 is 10.6 Å². The smallest absolute Gasteiger partial charge is 0.324 e. The molecule has 6 nitrogen and oxygen atoms in total. The topological polar surface area (TPSA) is 78.5 Å². The molecule has 146 valence electrons. The average Bonchev–Trinajstić information content (AvgIpc) is 2.87. The van der Waals surface area contributed by atoms with Crippen molar-refractivity contribution in [2.75, 3.05) is 11.9 Å². The Kier molecular flexibility index (Phi) is 5.44. The van der Waals surface area contributed by atoms with Gasteiger partial charge in [0.05, 0.1) is 0 Å². The molecule has 1 aliphatic rings. The molecular weight excluding hydrogens is 361 g/mol. The van der Waals surface area contributed by atoms with E-state index >= 15 is 0 Å². The van der Waals surface area contributed by atoms with Gasteiger partial charge >= 0.3 is 6.03 Å². The Hall–Kier alpha value is -3.22. The van der Waals surface area contributed by atoms with Gasteiger partial charge in [-0.2, -0.15) is 0 Å². The number of halogens is 1. The second-order valence-electron chi connectivity index (χ2n) is 7.25. The van der Waals surface area contributed by atoms with Crippen molar-refractivity contribution in [3.8, 4) is 0 Å². The van der Waals surface area contributed by atoms with Crippen molar-refractivity contribution in [3.05, 3.63) is 66.0 Å². The van der Waals surface area contributed by atoms with E-state index in [0.717, 1.165) is 11.0 Å². The van der Waals surface area contributed by atoms with Crippen molar-refractivity contribution in [2.45, 2.75) is 25.8 Å². The number of carbonyl (C=O) groups excluding carboxylic acids is 3. The Morgan fingerprint density at radius 1 is 1.14 bits per heavy atom. The minimum atomic E-state index is -1.20. The van der Waals surface area contributed by atoms with Gasteiger partial charge < -0.3 is 10.6 Å². The first kappa shape index (κ1) is 19.5. The van der Waals surface area contributed by atoms with Gasteiger partial charge in [0.2, 0.25) is 5.91 Å². The number of hydrogen-bond donors (Lipinski definition) is 2. The minimum absolute atomic E-state index is 0.130. The fourth-order valence-corrected chi connectivity index (χ4v) is 3.47. The van der Waals surface area contributed by atoms with Crippen molar-refractivity contribution in [1.82, 2.24) is 10.2 Å². The summed E-state index contributed by atoms with van der Waals surface area (Å²) in [5, 5.41) is 5.30. The number of hydrogen-bond acceptors (Lipinski definition) is 3.